The Bertz CT molecular complexity index is 1230. The van der Waals surface area contributed by atoms with Gasteiger partial charge in [-0.15, -0.1) is 0 Å². The van der Waals surface area contributed by atoms with Gasteiger partial charge in [-0.1, -0.05) is 28.4 Å². The molecule has 1 heterocycles. The third-order valence-electron chi connectivity index (χ3n) is 4.50. The molecule has 0 aliphatic carbocycles. The van der Waals surface area contributed by atoms with E-state index in [-0.39, 0.29) is 6.07 Å². The molecule has 12 heteroatoms. The summed E-state index contributed by atoms with van der Waals surface area (Å²) >= 11 is 6.03. The highest BCUT2D eigenvalue weighted by atomic mass is 35.5. The highest BCUT2D eigenvalue weighted by Gasteiger charge is 2.38. The van der Waals surface area contributed by atoms with Gasteiger partial charge in [0.05, 0.1) is 23.0 Å². The molecule has 2 N–H and O–H groups in total. The van der Waals surface area contributed by atoms with Crippen molar-refractivity contribution in [2.45, 2.75) is 12.4 Å². The van der Waals surface area contributed by atoms with Crippen LogP contribution in [0.2, 0.25) is 5.02 Å². The van der Waals surface area contributed by atoms with Gasteiger partial charge in [-0.25, -0.2) is 0 Å². The molecule has 0 saturated heterocycles. The zero-order valence-corrected chi connectivity index (χ0v) is 18.1. The number of aromatic nitrogens is 2. The molecule has 0 atom stereocenters. The lowest BCUT2D eigenvalue weighted by molar-refractivity contribution is -0.654. The topological polar surface area (TPSA) is 61.1 Å². The maximum atomic E-state index is 13.3. The van der Waals surface area contributed by atoms with Crippen molar-refractivity contribution >= 4 is 29.9 Å². The first kappa shape index (κ1) is 25.0. The number of benzene rings is 2. The van der Waals surface area contributed by atoms with Crippen LogP contribution in [0.1, 0.15) is 16.7 Å². The fraction of sp³-hybridized carbons (Fsp3) is 0.136. The molecule has 0 bridgehead atoms. The van der Waals surface area contributed by atoms with Crippen molar-refractivity contribution < 1.29 is 35.8 Å². The SMILES string of the molecule is CN=CNC(=O)/C=C/c1c[n+](-c2cc(C(F)(F)F)cc(C(F)(F)F)c2)[nH]c1-c1cccc(Cl)c1. The van der Waals surface area contributed by atoms with Gasteiger partial charge in [0.2, 0.25) is 17.8 Å². The van der Waals surface area contributed by atoms with Gasteiger partial charge in [0, 0.05) is 35.8 Å². The normalized spacial score (nSPS) is 12.6. The summed E-state index contributed by atoms with van der Waals surface area (Å²) in [5, 5.41) is 5.48. The highest BCUT2D eigenvalue weighted by molar-refractivity contribution is 6.30. The van der Waals surface area contributed by atoms with Crippen molar-refractivity contribution in [1.82, 2.24) is 10.4 Å². The first-order valence-electron chi connectivity index (χ1n) is 9.48. The van der Waals surface area contributed by atoms with Crippen LogP contribution >= 0.6 is 11.6 Å². The van der Waals surface area contributed by atoms with Gasteiger partial charge in [-0.2, -0.15) is 31.4 Å². The minimum absolute atomic E-state index is 0.0469. The van der Waals surface area contributed by atoms with E-state index in [1.54, 1.807) is 24.3 Å². The summed E-state index contributed by atoms with van der Waals surface area (Å²) in [6.45, 7) is 0. The molecule has 1 aromatic heterocycles. The number of carbonyl (C=O) groups excluding carboxylic acids is 1. The maximum Gasteiger partial charge on any atom is 0.416 e. The molecule has 3 rings (SSSR count). The van der Waals surface area contributed by atoms with E-state index >= 15 is 0 Å². The molecule has 0 aliphatic heterocycles. The van der Waals surface area contributed by atoms with Crippen LogP contribution in [0.25, 0.3) is 23.0 Å². The Labute approximate surface area is 194 Å². The number of nitrogens with one attached hydrogen (secondary N) is 2. The van der Waals surface area contributed by atoms with Crippen molar-refractivity contribution in [3.05, 3.63) is 76.5 Å². The monoisotopic (exact) mass is 501 g/mol. The molecule has 34 heavy (non-hydrogen) atoms. The van der Waals surface area contributed by atoms with Crippen molar-refractivity contribution in [2.24, 2.45) is 4.99 Å². The van der Waals surface area contributed by atoms with E-state index in [0.717, 1.165) is 17.1 Å². The van der Waals surface area contributed by atoms with Gasteiger partial charge >= 0.3 is 12.4 Å². The van der Waals surface area contributed by atoms with Crippen molar-refractivity contribution in [1.29, 1.82) is 0 Å². The van der Waals surface area contributed by atoms with Crippen LogP contribution in [0.4, 0.5) is 26.3 Å². The number of H-pyrrole nitrogens is 1. The second kappa shape index (κ2) is 9.72. The van der Waals surface area contributed by atoms with Crippen molar-refractivity contribution in [2.75, 3.05) is 7.05 Å². The average molecular weight is 502 g/mol. The summed E-state index contributed by atoms with van der Waals surface area (Å²) in [7, 11) is 1.45. The quantitative estimate of drug-likeness (QED) is 0.158. The van der Waals surface area contributed by atoms with Gasteiger partial charge in [0.25, 0.3) is 0 Å². The van der Waals surface area contributed by atoms with Crippen LogP contribution in [-0.2, 0) is 17.1 Å². The Morgan fingerprint density at radius 1 is 1.06 bits per heavy atom. The fourth-order valence-corrected chi connectivity index (χ4v) is 3.17. The number of alkyl halides is 6. The van der Waals surface area contributed by atoms with E-state index in [2.05, 4.69) is 15.4 Å². The van der Waals surface area contributed by atoms with E-state index in [1.807, 2.05) is 0 Å². The van der Waals surface area contributed by atoms with Crippen molar-refractivity contribution in [3.63, 3.8) is 0 Å². The van der Waals surface area contributed by atoms with Gasteiger partial charge < -0.3 is 5.32 Å². The summed E-state index contributed by atoms with van der Waals surface area (Å²) in [4.78, 5) is 15.5. The minimum Gasteiger partial charge on any atom is -0.314 e. The summed E-state index contributed by atoms with van der Waals surface area (Å²) in [5.41, 5.74) is -2.23. The van der Waals surface area contributed by atoms with E-state index in [1.165, 1.54) is 19.3 Å². The number of halogens is 7. The number of aromatic amines is 1. The zero-order valence-electron chi connectivity index (χ0n) is 17.3. The molecule has 0 spiro atoms. The maximum absolute atomic E-state index is 13.3. The lowest BCUT2D eigenvalue weighted by Gasteiger charge is -2.11. The first-order valence-corrected chi connectivity index (χ1v) is 9.86. The Morgan fingerprint density at radius 3 is 2.26 bits per heavy atom. The third kappa shape index (κ3) is 6.04. The summed E-state index contributed by atoms with van der Waals surface area (Å²) in [6.07, 6.45) is -5.09. The van der Waals surface area contributed by atoms with Gasteiger partial charge in [0.1, 0.15) is 5.69 Å². The largest absolute Gasteiger partial charge is 0.416 e. The molecule has 3 aromatic rings. The minimum atomic E-state index is -5.00. The fourth-order valence-electron chi connectivity index (χ4n) is 2.98. The smallest absolute Gasteiger partial charge is 0.314 e. The lowest BCUT2D eigenvalue weighted by atomic mass is 10.1. The van der Waals surface area contributed by atoms with E-state index in [4.69, 9.17) is 11.6 Å². The summed E-state index contributed by atoms with van der Waals surface area (Å²) < 4.78 is 80.7. The average Bonchev–Trinajstić information content (AvgIpc) is 3.19. The molecule has 1 amide bonds. The molecule has 0 unspecified atom stereocenters. The van der Waals surface area contributed by atoms with E-state index in [0.29, 0.717) is 34.0 Å². The summed E-state index contributed by atoms with van der Waals surface area (Å²) in [5.74, 6) is -0.547. The Balaban J connectivity index is 2.18. The highest BCUT2D eigenvalue weighted by Crippen LogP contribution is 2.36. The van der Waals surface area contributed by atoms with Crippen LogP contribution in [0.3, 0.4) is 0 Å². The molecule has 0 radical (unpaired) electrons. The number of carbonyl (C=O) groups is 1. The van der Waals surface area contributed by atoms with Crippen molar-refractivity contribution in [3.8, 4) is 16.9 Å². The summed E-state index contributed by atoms with van der Waals surface area (Å²) in [6, 6.07) is 7.62. The van der Waals surface area contributed by atoms with E-state index in [9.17, 15) is 31.1 Å². The van der Waals surface area contributed by atoms with Gasteiger partial charge in [-0.3, -0.25) is 9.79 Å². The number of hydrogen-bond acceptors (Lipinski definition) is 2. The molecule has 0 aliphatic rings. The Morgan fingerprint density at radius 2 is 1.71 bits per heavy atom. The van der Waals surface area contributed by atoms with Crippen LogP contribution in [0.15, 0.2) is 59.7 Å². The third-order valence-corrected chi connectivity index (χ3v) is 4.74. The Hall–Kier alpha value is -3.60. The predicted octanol–water partition coefficient (Wildman–Crippen LogP) is 5.44. The predicted molar refractivity (Wildman–Crippen MR) is 114 cm³/mol. The van der Waals surface area contributed by atoms with Crippen LogP contribution in [-0.4, -0.2) is 24.4 Å². The molecule has 5 nitrogen and oxygen atoms in total. The van der Waals surface area contributed by atoms with Crippen LogP contribution in [0, 0.1) is 0 Å². The lowest BCUT2D eigenvalue weighted by Crippen LogP contribution is -2.33. The van der Waals surface area contributed by atoms with Crippen LogP contribution < -0.4 is 10.00 Å². The van der Waals surface area contributed by atoms with Gasteiger partial charge in [0.15, 0.2) is 0 Å². The zero-order chi connectivity index (χ0) is 25.1. The van der Waals surface area contributed by atoms with Gasteiger partial charge in [-0.05, 0) is 24.3 Å². The number of hydrogen-bond donors (Lipinski definition) is 2. The number of amides is 1. The second-order valence-corrected chi connectivity index (χ2v) is 7.38. The number of aliphatic imine (C=N–C) groups is 1. The molecule has 0 fully saturated rings. The molecular weight excluding hydrogens is 486 g/mol. The molecule has 0 saturated carbocycles. The standard InChI is InChI=1S/C22H15ClF6N4O/c1-30-12-31-19(34)6-5-14-11-33(32-20(14)13-3-2-4-17(23)7-13)18-9-15(21(24,25)26)8-16(10-18)22(27,28)29/h2-12H,1H3,(H,30,31,34)/p+1/b6-5+. The molecule has 2 aromatic carbocycles. The first-order chi connectivity index (χ1) is 15.9. The molecule has 178 valence electrons. The second-order valence-electron chi connectivity index (χ2n) is 6.94. The van der Waals surface area contributed by atoms with E-state index < -0.39 is 35.1 Å². The molecular formula is C22H16ClF6N4O+. The number of nitrogens with zero attached hydrogens (tertiary/aromatic N) is 2. The number of rotatable bonds is 5. The van der Waals surface area contributed by atoms with Crippen LogP contribution in [0.5, 0.6) is 0 Å². The Kier molecular flexibility index (Phi) is 7.15.